The molecule has 1 aromatic heterocycles. The van der Waals surface area contributed by atoms with Crippen LogP contribution in [0.4, 0.5) is 0 Å². The summed E-state index contributed by atoms with van der Waals surface area (Å²) in [5.41, 5.74) is 9.59. The highest BCUT2D eigenvalue weighted by Gasteiger charge is 2.32. The molecule has 1 unspecified atom stereocenters. The van der Waals surface area contributed by atoms with Gasteiger partial charge in [0.05, 0.1) is 0 Å². The van der Waals surface area contributed by atoms with Crippen molar-refractivity contribution >= 4 is 49.6 Å². The fourth-order valence-electron chi connectivity index (χ4n) is 7.03. The summed E-state index contributed by atoms with van der Waals surface area (Å²) in [5.74, 6) is 0. The molecule has 0 fully saturated rings. The molecule has 204 valence electrons. The smallest absolute Gasteiger partial charge is 0.143 e. The Morgan fingerprint density at radius 1 is 0.643 bits per heavy atom. The summed E-state index contributed by atoms with van der Waals surface area (Å²) < 4.78 is 6.50. The molecular formula is C41H34O. The normalized spacial score (nSPS) is 17.0. The maximum atomic E-state index is 6.50. The molecule has 0 saturated heterocycles. The lowest BCUT2D eigenvalue weighted by atomic mass is 9.69. The summed E-state index contributed by atoms with van der Waals surface area (Å²) in [7, 11) is 0. The standard InChI is InChI=1S/C41H34O/c1-40(2,3)27-22-26(29-17-11-18-36-35-16-9-10-19-38(35)42-39(29)36)23-28(24-27)41(4)21-20-34-32-14-6-5-12-30(32)31-13-7-8-15-33(31)37(34)25-41/h5-24H,25H2,1-4H3. The molecule has 0 radical (unpaired) electrons. The van der Waals surface area contributed by atoms with Gasteiger partial charge in [0.2, 0.25) is 0 Å². The van der Waals surface area contributed by atoms with Crippen LogP contribution in [0.1, 0.15) is 49.9 Å². The topological polar surface area (TPSA) is 13.1 Å². The van der Waals surface area contributed by atoms with E-state index in [4.69, 9.17) is 4.42 Å². The van der Waals surface area contributed by atoms with Crippen molar-refractivity contribution in [2.24, 2.45) is 0 Å². The maximum Gasteiger partial charge on any atom is 0.143 e. The number of hydrogen-bond donors (Lipinski definition) is 0. The SMILES string of the molecule is CC(C)(C)c1cc(-c2cccc3c2oc2ccccc23)cc(C2(C)C=Cc3c(c4ccccc4c4ccccc34)C2)c1. The zero-order valence-electron chi connectivity index (χ0n) is 24.7. The lowest BCUT2D eigenvalue weighted by Crippen LogP contribution is -2.26. The summed E-state index contributed by atoms with van der Waals surface area (Å²) in [4.78, 5) is 0. The van der Waals surface area contributed by atoms with E-state index < -0.39 is 0 Å². The maximum absolute atomic E-state index is 6.50. The van der Waals surface area contributed by atoms with Crippen LogP contribution in [0.5, 0.6) is 0 Å². The summed E-state index contributed by atoms with van der Waals surface area (Å²) in [6, 6.07) is 39.9. The highest BCUT2D eigenvalue weighted by Crippen LogP contribution is 2.45. The molecule has 0 bridgehead atoms. The van der Waals surface area contributed by atoms with Crippen molar-refractivity contribution in [1.29, 1.82) is 0 Å². The summed E-state index contributed by atoms with van der Waals surface area (Å²) in [6.07, 6.45) is 5.78. The van der Waals surface area contributed by atoms with Crippen LogP contribution in [-0.4, -0.2) is 0 Å². The molecule has 1 heteroatoms. The minimum absolute atomic E-state index is 0.00206. The van der Waals surface area contributed by atoms with Gasteiger partial charge in [0, 0.05) is 21.8 Å². The van der Waals surface area contributed by atoms with Gasteiger partial charge in [0.15, 0.2) is 0 Å². The van der Waals surface area contributed by atoms with Crippen molar-refractivity contribution in [3.05, 3.63) is 138 Å². The van der Waals surface area contributed by atoms with Gasteiger partial charge < -0.3 is 4.42 Å². The van der Waals surface area contributed by atoms with E-state index in [9.17, 15) is 0 Å². The second-order valence-electron chi connectivity index (χ2n) is 13.2. The Bertz CT molecular complexity index is 2220. The van der Waals surface area contributed by atoms with Crippen molar-refractivity contribution in [3.63, 3.8) is 0 Å². The Morgan fingerprint density at radius 2 is 1.29 bits per heavy atom. The average molecular weight is 543 g/mol. The molecule has 6 aromatic carbocycles. The van der Waals surface area contributed by atoms with E-state index in [0.29, 0.717) is 0 Å². The monoisotopic (exact) mass is 542 g/mol. The number of allylic oxidation sites excluding steroid dienone is 1. The molecular weight excluding hydrogens is 508 g/mol. The number of rotatable bonds is 2. The number of fused-ring (bicyclic) bond motifs is 9. The van der Waals surface area contributed by atoms with Crippen LogP contribution in [0, 0.1) is 0 Å². The molecule has 1 nitrogen and oxygen atoms in total. The fraction of sp³-hybridized carbons (Fsp3) is 0.171. The highest BCUT2D eigenvalue weighted by molar-refractivity contribution is 6.13. The molecule has 0 spiro atoms. The molecule has 1 aliphatic carbocycles. The zero-order valence-corrected chi connectivity index (χ0v) is 24.7. The van der Waals surface area contributed by atoms with Crippen LogP contribution in [0.15, 0.2) is 120 Å². The number of furan rings is 1. The number of para-hydroxylation sites is 2. The number of hydrogen-bond acceptors (Lipinski definition) is 1. The highest BCUT2D eigenvalue weighted by atomic mass is 16.3. The van der Waals surface area contributed by atoms with Crippen LogP contribution in [0.25, 0.3) is 60.7 Å². The zero-order chi connectivity index (χ0) is 28.6. The molecule has 7 aromatic rings. The van der Waals surface area contributed by atoms with Crippen molar-refractivity contribution < 1.29 is 4.42 Å². The van der Waals surface area contributed by atoms with Crippen LogP contribution < -0.4 is 0 Å². The van der Waals surface area contributed by atoms with E-state index in [1.165, 1.54) is 60.1 Å². The first kappa shape index (κ1) is 25.1. The van der Waals surface area contributed by atoms with Gasteiger partial charge >= 0.3 is 0 Å². The Morgan fingerprint density at radius 3 is 2.05 bits per heavy atom. The van der Waals surface area contributed by atoms with Gasteiger partial charge in [-0.1, -0.05) is 143 Å². The Hall–Kier alpha value is -4.62. The Kier molecular flexibility index (Phi) is 5.35. The quantitative estimate of drug-likeness (QED) is 0.198. The minimum atomic E-state index is -0.157. The molecule has 1 heterocycles. The third-order valence-corrected chi connectivity index (χ3v) is 9.42. The summed E-state index contributed by atoms with van der Waals surface area (Å²) in [5, 5.41) is 7.70. The first-order valence-corrected chi connectivity index (χ1v) is 15.0. The third-order valence-electron chi connectivity index (χ3n) is 9.42. The van der Waals surface area contributed by atoms with Crippen LogP contribution >= 0.6 is 0 Å². The van der Waals surface area contributed by atoms with E-state index in [1.54, 1.807) is 0 Å². The van der Waals surface area contributed by atoms with E-state index in [0.717, 1.165) is 23.2 Å². The van der Waals surface area contributed by atoms with Crippen molar-refractivity contribution in [3.8, 4) is 11.1 Å². The molecule has 8 rings (SSSR count). The van der Waals surface area contributed by atoms with E-state index in [2.05, 4.69) is 143 Å². The lowest BCUT2D eigenvalue weighted by molar-refractivity contribution is 0.569. The van der Waals surface area contributed by atoms with Crippen LogP contribution in [-0.2, 0) is 17.3 Å². The second kappa shape index (κ2) is 8.94. The minimum Gasteiger partial charge on any atom is -0.455 e. The second-order valence-corrected chi connectivity index (χ2v) is 13.2. The van der Waals surface area contributed by atoms with E-state index in [-0.39, 0.29) is 10.8 Å². The molecule has 1 atom stereocenters. The van der Waals surface area contributed by atoms with Gasteiger partial charge in [0.1, 0.15) is 11.2 Å². The van der Waals surface area contributed by atoms with Gasteiger partial charge in [0.25, 0.3) is 0 Å². The van der Waals surface area contributed by atoms with Crippen molar-refractivity contribution in [2.75, 3.05) is 0 Å². The molecule has 0 amide bonds. The molecule has 0 aliphatic heterocycles. The molecule has 42 heavy (non-hydrogen) atoms. The molecule has 1 aliphatic rings. The van der Waals surface area contributed by atoms with Crippen LogP contribution in [0.3, 0.4) is 0 Å². The van der Waals surface area contributed by atoms with Crippen molar-refractivity contribution in [2.45, 2.75) is 44.9 Å². The van der Waals surface area contributed by atoms with Crippen molar-refractivity contribution in [1.82, 2.24) is 0 Å². The summed E-state index contributed by atoms with van der Waals surface area (Å²) >= 11 is 0. The van der Waals surface area contributed by atoms with Gasteiger partial charge in [-0.25, -0.2) is 0 Å². The largest absolute Gasteiger partial charge is 0.455 e. The third kappa shape index (κ3) is 3.77. The Balaban J connectivity index is 1.35. The first-order valence-electron chi connectivity index (χ1n) is 15.0. The predicted octanol–water partition coefficient (Wildman–Crippen LogP) is 11.4. The van der Waals surface area contributed by atoms with E-state index >= 15 is 0 Å². The van der Waals surface area contributed by atoms with Gasteiger partial charge in [-0.3, -0.25) is 0 Å². The van der Waals surface area contributed by atoms with Gasteiger partial charge in [-0.2, -0.15) is 0 Å². The predicted molar refractivity (Wildman–Crippen MR) is 179 cm³/mol. The van der Waals surface area contributed by atoms with E-state index in [1.807, 2.05) is 6.07 Å². The summed E-state index contributed by atoms with van der Waals surface area (Å²) in [6.45, 7) is 9.34. The van der Waals surface area contributed by atoms with Crippen LogP contribution in [0.2, 0.25) is 0 Å². The molecule has 0 saturated carbocycles. The van der Waals surface area contributed by atoms with Gasteiger partial charge in [-0.05, 0) is 67.3 Å². The molecule has 0 N–H and O–H groups in total. The lowest BCUT2D eigenvalue weighted by Gasteiger charge is -2.34. The van der Waals surface area contributed by atoms with Gasteiger partial charge in [-0.15, -0.1) is 0 Å². The number of benzene rings is 6. The first-order chi connectivity index (χ1) is 20.3. The average Bonchev–Trinajstić information content (AvgIpc) is 3.39. The fourth-order valence-corrected chi connectivity index (χ4v) is 7.03. The Labute approximate surface area is 247 Å².